The van der Waals surface area contributed by atoms with Gasteiger partial charge in [-0.3, -0.25) is 15.0 Å². The summed E-state index contributed by atoms with van der Waals surface area (Å²) in [6, 6.07) is 3.63. The molecule has 1 aliphatic rings. The van der Waals surface area contributed by atoms with Crippen LogP contribution in [0.5, 0.6) is 0 Å². The number of hydrogen-bond acceptors (Lipinski definition) is 5. The maximum Gasteiger partial charge on any atom is 0.282 e. The van der Waals surface area contributed by atoms with E-state index in [0.717, 1.165) is 34.5 Å². The van der Waals surface area contributed by atoms with E-state index in [1.165, 1.54) is 20.9 Å². The van der Waals surface area contributed by atoms with Crippen LogP contribution in [-0.4, -0.2) is 15.6 Å². The summed E-state index contributed by atoms with van der Waals surface area (Å²) in [6.07, 6.45) is 2.97. The normalized spacial score (nSPS) is 16.8. The Bertz CT molecular complexity index is 1100. The number of carbonyl (C=O) groups excluding carboxylic acids is 1. The van der Waals surface area contributed by atoms with Gasteiger partial charge in [-0.25, -0.2) is 0 Å². The number of carbonyl (C=O) groups is 1. The summed E-state index contributed by atoms with van der Waals surface area (Å²) in [5.74, 6) is 0.310. The summed E-state index contributed by atoms with van der Waals surface area (Å²) in [5.41, 5.74) is 3.52. The Morgan fingerprint density at radius 2 is 2.20 bits per heavy atom. The minimum absolute atomic E-state index is 0.214. The lowest BCUT2D eigenvalue weighted by Gasteiger charge is -2.17. The van der Waals surface area contributed by atoms with Crippen molar-refractivity contribution in [2.75, 3.05) is 5.43 Å². The molecule has 0 aliphatic heterocycles. The summed E-state index contributed by atoms with van der Waals surface area (Å²) >= 11 is 8.31. The standard InChI is InChI=1S/C17H17N3O2S3/c1-8-3-5-10-12(7-8)25-15-13(10)16(22)20(17(23)18-15)19-14(21)11-6-4-9(2)24-11/h4,6,8H,3,5,7H2,1-2H3,(H,18,23)(H,19,21)/t8-/m1/s1. The molecular formula is C17H17N3O2S3. The van der Waals surface area contributed by atoms with Crippen LogP contribution in [0.25, 0.3) is 10.2 Å². The summed E-state index contributed by atoms with van der Waals surface area (Å²) < 4.78 is 1.38. The van der Waals surface area contributed by atoms with E-state index in [0.29, 0.717) is 16.2 Å². The third-order valence-electron chi connectivity index (χ3n) is 4.53. The minimum Gasteiger partial charge on any atom is -0.322 e. The predicted octanol–water partition coefficient (Wildman–Crippen LogP) is 4.00. The monoisotopic (exact) mass is 391 g/mol. The Labute approximate surface area is 157 Å². The molecule has 5 nitrogen and oxygen atoms in total. The molecule has 0 radical (unpaired) electrons. The largest absolute Gasteiger partial charge is 0.322 e. The quantitative estimate of drug-likeness (QED) is 0.649. The van der Waals surface area contributed by atoms with Crippen molar-refractivity contribution in [1.29, 1.82) is 0 Å². The number of aromatic nitrogens is 2. The molecule has 0 saturated carbocycles. The molecule has 0 bridgehead atoms. The molecule has 25 heavy (non-hydrogen) atoms. The van der Waals surface area contributed by atoms with E-state index in [4.69, 9.17) is 12.2 Å². The van der Waals surface area contributed by atoms with Gasteiger partial charge in [0.05, 0.1) is 10.3 Å². The zero-order valence-electron chi connectivity index (χ0n) is 13.8. The lowest BCUT2D eigenvalue weighted by atomic mass is 9.89. The first-order valence-electron chi connectivity index (χ1n) is 8.11. The zero-order chi connectivity index (χ0) is 17.7. The van der Waals surface area contributed by atoms with Gasteiger partial charge in [0.25, 0.3) is 11.5 Å². The molecular weight excluding hydrogens is 374 g/mol. The van der Waals surface area contributed by atoms with Crippen molar-refractivity contribution in [2.24, 2.45) is 5.92 Å². The smallest absolute Gasteiger partial charge is 0.282 e. The molecule has 0 saturated heterocycles. The molecule has 4 rings (SSSR count). The van der Waals surface area contributed by atoms with Crippen LogP contribution in [0.15, 0.2) is 16.9 Å². The molecule has 3 aromatic heterocycles. The first-order valence-corrected chi connectivity index (χ1v) is 10.2. The van der Waals surface area contributed by atoms with Gasteiger partial charge in [-0.1, -0.05) is 6.92 Å². The third-order valence-corrected chi connectivity index (χ3v) is 6.98. The number of thiophene rings is 2. The van der Waals surface area contributed by atoms with E-state index in [9.17, 15) is 9.59 Å². The highest BCUT2D eigenvalue weighted by molar-refractivity contribution is 7.71. The van der Waals surface area contributed by atoms with Crippen molar-refractivity contribution in [3.05, 3.63) is 47.5 Å². The predicted molar refractivity (Wildman–Crippen MR) is 105 cm³/mol. The zero-order valence-corrected chi connectivity index (χ0v) is 16.3. The number of H-pyrrole nitrogens is 1. The van der Waals surface area contributed by atoms with Gasteiger partial charge in [0, 0.05) is 9.75 Å². The second kappa shape index (κ2) is 6.19. The van der Waals surface area contributed by atoms with Crippen LogP contribution in [-0.2, 0) is 12.8 Å². The number of fused-ring (bicyclic) bond motifs is 3. The van der Waals surface area contributed by atoms with Crippen molar-refractivity contribution < 1.29 is 4.79 Å². The van der Waals surface area contributed by atoms with Crippen molar-refractivity contribution in [3.8, 4) is 0 Å². The second-order valence-electron chi connectivity index (χ2n) is 6.48. The van der Waals surface area contributed by atoms with Gasteiger partial charge in [-0.2, -0.15) is 4.68 Å². The first kappa shape index (κ1) is 16.7. The van der Waals surface area contributed by atoms with Crippen LogP contribution >= 0.6 is 34.9 Å². The van der Waals surface area contributed by atoms with Crippen LogP contribution < -0.4 is 11.0 Å². The minimum atomic E-state index is -0.322. The Kier molecular flexibility index (Phi) is 4.13. The second-order valence-corrected chi connectivity index (χ2v) is 9.26. The van der Waals surface area contributed by atoms with E-state index >= 15 is 0 Å². The fraction of sp³-hybridized carbons (Fsp3) is 0.353. The number of nitrogens with one attached hydrogen (secondary N) is 2. The number of hydrogen-bond donors (Lipinski definition) is 2. The SMILES string of the molecule is Cc1ccc(C(=O)Nn2c(=S)[nH]c3sc4c(c3c2=O)CC[C@@H](C)C4)s1. The van der Waals surface area contributed by atoms with Gasteiger partial charge >= 0.3 is 0 Å². The number of aryl methyl sites for hydroxylation is 2. The van der Waals surface area contributed by atoms with Gasteiger partial charge in [0.15, 0.2) is 0 Å². The molecule has 8 heteroatoms. The van der Waals surface area contributed by atoms with E-state index in [-0.39, 0.29) is 16.2 Å². The Morgan fingerprint density at radius 1 is 1.40 bits per heavy atom. The van der Waals surface area contributed by atoms with Crippen molar-refractivity contribution in [2.45, 2.75) is 33.1 Å². The van der Waals surface area contributed by atoms with Crippen molar-refractivity contribution >= 4 is 51.0 Å². The van der Waals surface area contributed by atoms with Crippen LogP contribution in [0.2, 0.25) is 0 Å². The topological polar surface area (TPSA) is 66.9 Å². The number of nitrogens with zero attached hydrogens (tertiary/aromatic N) is 1. The summed E-state index contributed by atoms with van der Waals surface area (Å²) in [5, 5.41) is 0.670. The maximum absolute atomic E-state index is 13.0. The maximum atomic E-state index is 13.0. The molecule has 1 amide bonds. The lowest BCUT2D eigenvalue weighted by Crippen LogP contribution is -2.34. The van der Waals surface area contributed by atoms with Crippen LogP contribution in [0.4, 0.5) is 0 Å². The molecule has 0 unspecified atom stereocenters. The molecule has 3 aromatic rings. The number of rotatable bonds is 2. The van der Waals surface area contributed by atoms with Crippen LogP contribution in [0.3, 0.4) is 0 Å². The van der Waals surface area contributed by atoms with E-state index in [1.807, 2.05) is 13.0 Å². The molecule has 1 atom stereocenters. The third kappa shape index (κ3) is 2.88. The fourth-order valence-electron chi connectivity index (χ4n) is 3.24. The van der Waals surface area contributed by atoms with Gasteiger partial charge in [0.2, 0.25) is 4.77 Å². The average molecular weight is 392 g/mol. The average Bonchev–Trinajstić information content (AvgIpc) is 3.14. The van der Waals surface area contributed by atoms with Gasteiger partial charge in [0.1, 0.15) is 4.83 Å². The highest BCUT2D eigenvalue weighted by Gasteiger charge is 2.23. The Morgan fingerprint density at radius 3 is 2.92 bits per heavy atom. The van der Waals surface area contributed by atoms with Gasteiger partial charge < -0.3 is 4.98 Å². The molecule has 0 aromatic carbocycles. The van der Waals surface area contributed by atoms with Crippen molar-refractivity contribution in [1.82, 2.24) is 9.66 Å². The van der Waals surface area contributed by atoms with Gasteiger partial charge in [-0.15, -0.1) is 22.7 Å². The highest BCUT2D eigenvalue weighted by atomic mass is 32.1. The Hall–Kier alpha value is -1.77. The van der Waals surface area contributed by atoms with Crippen LogP contribution in [0, 0.1) is 17.6 Å². The Balaban J connectivity index is 1.81. The molecule has 0 fully saturated rings. The van der Waals surface area contributed by atoms with Crippen LogP contribution in [0.1, 0.15) is 38.3 Å². The van der Waals surface area contributed by atoms with Gasteiger partial charge in [-0.05, 0) is 62.0 Å². The first-order chi connectivity index (χ1) is 11.9. The van der Waals surface area contributed by atoms with E-state index in [1.54, 1.807) is 17.4 Å². The molecule has 130 valence electrons. The summed E-state index contributed by atoms with van der Waals surface area (Å²) in [4.78, 5) is 32.2. The molecule has 3 heterocycles. The number of amides is 1. The molecule has 1 aliphatic carbocycles. The number of aromatic amines is 1. The molecule has 2 N–H and O–H groups in total. The van der Waals surface area contributed by atoms with Crippen molar-refractivity contribution in [3.63, 3.8) is 0 Å². The summed E-state index contributed by atoms with van der Waals surface area (Å²) in [6.45, 7) is 4.17. The fourth-order valence-corrected chi connectivity index (χ4v) is 5.69. The highest BCUT2D eigenvalue weighted by Crippen LogP contribution is 2.35. The summed E-state index contributed by atoms with van der Waals surface area (Å²) in [7, 11) is 0. The lowest BCUT2D eigenvalue weighted by molar-refractivity contribution is 0.101. The van der Waals surface area contributed by atoms with E-state index < -0.39 is 0 Å². The van der Waals surface area contributed by atoms with E-state index in [2.05, 4.69) is 17.3 Å². The molecule has 0 spiro atoms.